The molecule has 7 heteroatoms. The molecule has 0 bridgehead atoms. The number of halogens is 1. The second kappa shape index (κ2) is 14.7. The molecule has 6 nitrogen and oxygen atoms in total. The Morgan fingerprint density at radius 2 is 0.951 bits per heavy atom. The summed E-state index contributed by atoms with van der Waals surface area (Å²) in [7, 11) is 0. The lowest BCUT2D eigenvalue weighted by atomic mass is 9.97. The third kappa shape index (κ3) is 8.03. The molecule has 5 atom stereocenters. The number of hydrogen-bond donors (Lipinski definition) is 1. The molecule has 41 heavy (non-hydrogen) atoms. The van der Waals surface area contributed by atoms with Gasteiger partial charge in [0.15, 0.2) is 6.10 Å². The van der Waals surface area contributed by atoms with Gasteiger partial charge in [0.25, 0.3) is 5.25 Å². The molecule has 214 valence electrons. The van der Waals surface area contributed by atoms with Crippen LogP contribution >= 0.6 is 11.6 Å². The van der Waals surface area contributed by atoms with E-state index in [-0.39, 0.29) is 26.4 Å². The lowest BCUT2D eigenvalue weighted by Crippen LogP contribution is -2.65. The van der Waals surface area contributed by atoms with Gasteiger partial charge in [-0.25, -0.2) is 0 Å². The van der Waals surface area contributed by atoms with Gasteiger partial charge in [-0.05, 0) is 22.3 Å². The number of alkyl halides is 1. The van der Waals surface area contributed by atoms with E-state index in [1.54, 1.807) is 0 Å². The van der Waals surface area contributed by atoms with E-state index in [1.165, 1.54) is 0 Å². The molecule has 1 aliphatic rings. The number of ether oxygens (including phenoxy) is 5. The van der Waals surface area contributed by atoms with Crippen molar-refractivity contribution in [1.82, 2.24) is 0 Å². The molecule has 1 heterocycles. The standard InChI is InChI=1S/C34H35ClO6/c35-34(40-25-29-19-11-4-12-20-29)33(39-24-28-17-9-3-10-18-28)32(38-23-27-15-7-2-8-16-27)31(30(21-36)41-34)37-22-26-13-5-1-6-14-26/h1-20,30-33,36H,21-25H2/t30-,31-,32+,33-,34-/m1/s1. The summed E-state index contributed by atoms with van der Waals surface area (Å²) in [4.78, 5) is 0. The van der Waals surface area contributed by atoms with Crippen LogP contribution in [-0.4, -0.2) is 41.4 Å². The Kier molecular flexibility index (Phi) is 10.6. The topological polar surface area (TPSA) is 66.4 Å². The van der Waals surface area contributed by atoms with Gasteiger partial charge in [0.1, 0.15) is 18.3 Å². The second-order valence-electron chi connectivity index (χ2n) is 9.94. The number of rotatable bonds is 13. The minimum atomic E-state index is -1.76. The van der Waals surface area contributed by atoms with Crippen LogP contribution in [0.2, 0.25) is 0 Å². The van der Waals surface area contributed by atoms with Crippen molar-refractivity contribution < 1.29 is 28.8 Å². The number of hydrogen-bond acceptors (Lipinski definition) is 6. The maximum atomic E-state index is 10.5. The zero-order valence-electron chi connectivity index (χ0n) is 22.8. The minimum absolute atomic E-state index is 0.175. The zero-order valence-corrected chi connectivity index (χ0v) is 23.5. The first kappa shape index (κ1) is 29.4. The van der Waals surface area contributed by atoms with E-state index < -0.39 is 29.7 Å². The highest BCUT2D eigenvalue weighted by atomic mass is 35.5. The molecule has 1 fully saturated rings. The van der Waals surface area contributed by atoms with E-state index in [4.69, 9.17) is 35.3 Å². The van der Waals surface area contributed by atoms with Gasteiger partial charge >= 0.3 is 0 Å². The van der Waals surface area contributed by atoms with Gasteiger partial charge < -0.3 is 28.8 Å². The number of benzene rings is 4. The van der Waals surface area contributed by atoms with Crippen molar-refractivity contribution in [1.29, 1.82) is 0 Å². The minimum Gasteiger partial charge on any atom is -0.394 e. The fourth-order valence-corrected chi connectivity index (χ4v) is 5.16. The van der Waals surface area contributed by atoms with Gasteiger partial charge in [0, 0.05) is 0 Å². The summed E-state index contributed by atoms with van der Waals surface area (Å²) in [6, 6.07) is 39.2. The molecule has 0 radical (unpaired) electrons. The summed E-state index contributed by atoms with van der Waals surface area (Å²) in [6.07, 6.45) is -3.16. The maximum absolute atomic E-state index is 10.5. The van der Waals surface area contributed by atoms with Crippen molar-refractivity contribution in [2.24, 2.45) is 0 Å². The normalized spacial score (nSPS) is 24.2. The highest BCUT2D eigenvalue weighted by molar-refractivity contribution is 6.22. The Bertz CT molecular complexity index is 1290. The van der Waals surface area contributed by atoms with Crippen molar-refractivity contribution in [2.45, 2.75) is 56.1 Å². The molecule has 5 rings (SSSR count). The third-order valence-corrected chi connectivity index (χ3v) is 7.36. The molecule has 0 saturated carbocycles. The van der Waals surface area contributed by atoms with Crippen LogP contribution in [0.5, 0.6) is 0 Å². The summed E-state index contributed by atoms with van der Waals surface area (Å²) in [6.45, 7) is 0.653. The first-order valence-electron chi connectivity index (χ1n) is 13.8. The van der Waals surface area contributed by atoms with E-state index in [0.29, 0.717) is 6.61 Å². The number of aliphatic hydroxyl groups is 1. The Hall–Kier alpha value is -3.07. The Labute approximate surface area is 246 Å². The smallest absolute Gasteiger partial charge is 0.279 e. The van der Waals surface area contributed by atoms with Crippen LogP contribution in [-0.2, 0) is 50.1 Å². The first-order valence-corrected chi connectivity index (χ1v) is 14.1. The van der Waals surface area contributed by atoms with Crippen molar-refractivity contribution in [3.8, 4) is 0 Å². The lowest BCUT2D eigenvalue weighted by Gasteiger charge is -2.49. The summed E-state index contributed by atoms with van der Waals surface area (Å²) in [5.74, 6) is 0. The average molecular weight is 575 g/mol. The summed E-state index contributed by atoms with van der Waals surface area (Å²) < 4.78 is 32.0. The molecule has 0 amide bonds. The van der Waals surface area contributed by atoms with Crippen molar-refractivity contribution in [3.63, 3.8) is 0 Å². The zero-order chi connectivity index (χ0) is 28.3. The van der Waals surface area contributed by atoms with Gasteiger partial charge in [0.05, 0.1) is 33.0 Å². The van der Waals surface area contributed by atoms with Crippen LogP contribution in [0.25, 0.3) is 0 Å². The van der Waals surface area contributed by atoms with Crippen LogP contribution in [0.1, 0.15) is 22.3 Å². The van der Waals surface area contributed by atoms with Crippen LogP contribution in [0, 0.1) is 0 Å². The SMILES string of the molecule is OC[C@H]1O[C@](Cl)(OCc2ccccc2)[C@H](OCc2ccccc2)[C@@H](OCc2ccccc2)[C@@H]1OCc1ccccc1. The molecule has 0 spiro atoms. The average Bonchev–Trinajstić information content (AvgIpc) is 3.03. The van der Waals surface area contributed by atoms with Gasteiger partial charge in [0.2, 0.25) is 0 Å². The predicted octanol–water partition coefficient (Wildman–Crippen LogP) is 6.24. The van der Waals surface area contributed by atoms with Crippen molar-refractivity contribution in [3.05, 3.63) is 144 Å². The van der Waals surface area contributed by atoms with Crippen LogP contribution in [0.3, 0.4) is 0 Å². The monoisotopic (exact) mass is 574 g/mol. The molecule has 1 aliphatic heterocycles. The van der Waals surface area contributed by atoms with E-state index in [2.05, 4.69) is 0 Å². The van der Waals surface area contributed by atoms with Gasteiger partial charge in [-0.15, -0.1) is 0 Å². The highest BCUT2D eigenvalue weighted by Gasteiger charge is 2.57. The van der Waals surface area contributed by atoms with E-state index in [0.717, 1.165) is 22.3 Å². The van der Waals surface area contributed by atoms with Gasteiger partial charge in [-0.1, -0.05) is 133 Å². The fourth-order valence-electron chi connectivity index (χ4n) is 4.81. The predicted molar refractivity (Wildman–Crippen MR) is 157 cm³/mol. The van der Waals surface area contributed by atoms with Gasteiger partial charge in [-0.2, -0.15) is 0 Å². The lowest BCUT2D eigenvalue weighted by molar-refractivity contribution is -0.350. The van der Waals surface area contributed by atoms with Gasteiger partial charge in [-0.3, -0.25) is 0 Å². The molecule has 0 aliphatic carbocycles. The second-order valence-corrected chi connectivity index (χ2v) is 10.5. The Morgan fingerprint density at radius 3 is 1.39 bits per heavy atom. The van der Waals surface area contributed by atoms with E-state index in [9.17, 15) is 5.11 Å². The molecule has 0 unspecified atom stereocenters. The van der Waals surface area contributed by atoms with Crippen molar-refractivity contribution in [2.75, 3.05) is 6.61 Å². The van der Waals surface area contributed by atoms with E-state index >= 15 is 0 Å². The quantitative estimate of drug-likeness (QED) is 0.191. The molecule has 1 N–H and O–H groups in total. The first-order chi connectivity index (χ1) is 20.1. The Balaban J connectivity index is 1.45. The van der Waals surface area contributed by atoms with Crippen LogP contribution in [0.4, 0.5) is 0 Å². The molecular weight excluding hydrogens is 540 g/mol. The third-order valence-electron chi connectivity index (χ3n) is 6.94. The van der Waals surface area contributed by atoms with Crippen LogP contribution in [0.15, 0.2) is 121 Å². The maximum Gasteiger partial charge on any atom is 0.279 e. The molecule has 0 aromatic heterocycles. The summed E-state index contributed by atoms with van der Waals surface area (Å²) >= 11 is 7.17. The Morgan fingerprint density at radius 1 is 0.561 bits per heavy atom. The molecule has 1 saturated heterocycles. The largest absolute Gasteiger partial charge is 0.394 e. The molecular formula is C34H35ClO6. The number of aliphatic hydroxyl groups excluding tert-OH is 1. The molecule has 4 aromatic carbocycles. The summed E-state index contributed by atoms with van der Waals surface area (Å²) in [5, 5.41) is 8.70. The van der Waals surface area contributed by atoms with Crippen LogP contribution < -0.4 is 0 Å². The van der Waals surface area contributed by atoms with E-state index in [1.807, 2.05) is 121 Å². The summed E-state index contributed by atoms with van der Waals surface area (Å²) in [5.41, 5.74) is 3.84. The van der Waals surface area contributed by atoms with Crippen molar-refractivity contribution >= 4 is 11.6 Å². The molecule has 4 aromatic rings. The fraction of sp³-hybridized carbons (Fsp3) is 0.294. The highest BCUT2D eigenvalue weighted by Crippen LogP contribution is 2.40.